The van der Waals surface area contributed by atoms with Crippen molar-refractivity contribution in [3.05, 3.63) is 29.8 Å². The Kier molecular flexibility index (Phi) is 4.75. The van der Waals surface area contributed by atoms with Gasteiger partial charge in [0.05, 0.1) is 0 Å². The van der Waals surface area contributed by atoms with Crippen molar-refractivity contribution in [1.29, 1.82) is 0 Å². The topological polar surface area (TPSA) is 37.4 Å². The highest BCUT2D eigenvalue weighted by molar-refractivity contribution is 7.89. The van der Waals surface area contributed by atoms with Gasteiger partial charge in [0, 0.05) is 12.6 Å². The summed E-state index contributed by atoms with van der Waals surface area (Å²) in [5.74, 6) is -1.65. The molecule has 0 aliphatic heterocycles. The Morgan fingerprint density at radius 2 is 1.85 bits per heavy atom. The standard InChI is InChI=1S/C14H19F2NO2S/c1-2-17(12-6-4-3-5-7-12)20(18,19)14-10-11(15)8-9-13(14)16/h8-10,12H,2-7H2,1H3. The normalized spacial score (nSPS) is 17.6. The maximum absolute atomic E-state index is 13.8. The smallest absolute Gasteiger partial charge is 0.207 e. The summed E-state index contributed by atoms with van der Waals surface area (Å²) in [6.07, 6.45) is 4.61. The zero-order chi connectivity index (χ0) is 14.8. The van der Waals surface area contributed by atoms with Crippen LogP contribution in [-0.2, 0) is 10.0 Å². The molecule has 0 spiro atoms. The Balaban J connectivity index is 2.38. The molecule has 1 fully saturated rings. The molecule has 112 valence electrons. The van der Waals surface area contributed by atoms with E-state index >= 15 is 0 Å². The minimum absolute atomic E-state index is 0.110. The van der Waals surface area contributed by atoms with Crippen molar-refractivity contribution in [3.8, 4) is 0 Å². The lowest BCUT2D eigenvalue weighted by Crippen LogP contribution is -2.41. The summed E-state index contributed by atoms with van der Waals surface area (Å²) in [7, 11) is -3.99. The van der Waals surface area contributed by atoms with E-state index < -0.39 is 26.6 Å². The molecule has 6 heteroatoms. The number of hydrogen-bond donors (Lipinski definition) is 0. The van der Waals surface area contributed by atoms with E-state index in [4.69, 9.17) is 0 Å². The lowest BCUT2D eigenvalue weighted by Gasteiger charge is -2.32. The van der Waals surface area contributed by atoms with E-state index in [1.54, 1.807) is 6.92 Å². The average molecular weight is 303 g/mol. The first kappa shape index (κ1) is 15.4. The molecule has 0 unspecified atom stereocenters. The molecule has 0 saturated heterocycles. The lowest BCUT2D eigenvalue weighted by molar-refractivity contribution is 0.260. The maximum Gasteiger partial charge on any atom is 0.246 e. The van der Waals surface area contributed by atoms with Crippen LogP contribution in [0.5, 0.6) is 0 Å². The Morgan fingerprint density at radius 1 is 1.20 bits per heavy atom. The number of benzene rings is 1. The van der Waals surface area contributed by atoms with E-state index in [0.29, 0.717) is 0 Å². The largest absolute Gasteiger partial charge is 0.246 e. The fraction of sp³-hybridized carbons (Fsp3) is 0.571. The number of rotatable bonds is 4. The van der Waals surface area contributed by atoms with Crippen LogP contribution in [0.1, 0.15) is 39.0 Å². The molecule has 1 saturated carbocycles. The molecule has 0 radical (unpaired) electrons. The van der Waals surface area contributed by atoms with Gasteiger partial charge in [-0.05, 0) is 31.0 Å². The second-order valence-corrected chi connectivity index (χ2v) is 6.93. The van der Waals surface area contributed by atoms with Gasteiger partial charge in [-0.3, -0.25) is 0 Å². The second-order valence-electron chi connectivity index (χ2n) is 5.07. The fourth-order valence-corrected chi connectivity index (χ4v) is 4.57. The molecule has 0 N–H and O–H groups in total. The molecule has 0 bridgehead atoms. The fourth-order valence-electron chi connectivity index (χ4n) is 2.79. The van der Waals surface area contributed by atoms with Gasteiger partial charge in [-0.15, -0.1) is 0 Å². The Morgan fingerprint density at radius 3 is 2.45 bits per heavy atom. The van der Waals surface area contributed by atoms with E-state index in [2.05, 4.69) is 0 Å². The van der Waals surface area contributed by atoms with Crippen LogP contribution >= 0.6 is 0 Å². The van der Waals surface area contributed by atoms with Gasteiger partial charge >= 0.3 is 0 Å². The second kappa shape index (κ2) is 6.18. The van der Waals surface area contributed by atoms with Gasteiger partial charge in [0.1, 0.15) is 16.5 Å². The number of sulfonamides is 1. The minimum atomic E-state index is -3.99. The predicted molar refractivity (Wildman–Crippen MR) is 72.8 cm³/mol. The van der Waals surface area contributed by atoms with E-state index in [9.17, 15) is 17.2 Å². The highest BCUT2D eigenvalue weighted by atomic mass is 32.2. The third kappa shape index (κ3) is 3.01. The van der Waals surface area contributed by atoms with Crippen molar-refractivity contribution in [2.24, 2.45) is 0 Å². The van der Waals surface area contributed by atoms with Gasteiger partial charge in [-0.25, -0.2) is 17.2 Å². The highest BCUT2D eigenvalue weighted by Crippen LogP contribution is 2.28. The molecule has 20 heavy (non-hydrogen) atoms. The zero-order valence-electron chi connectivity index (χ0n) is 11.5. The SMILES string of the molecule is CCN(C1CCCCC1)S(=O)(=O)c1cc(F)ccc1F. The van der Waals surface area contributed by atoms with Crippen molar-refractivity contribution in [2.45, 2.75) is 50.0 Å². The Hall–Kier alpha value is -1.01. The minimum Gasteiger partial charge on any atom is -0.207 e. The Labute approximate surface area is 118 Å². The molecule has 0 aromatic heterocycles. The summed E-state index contributed by atoms with van der Waals surface area (Å²) < 4.78 is 53.4. The molecule has 0 atom stereocenters. The summed E-state index contributed by atoms with van der Waals surface area (Å²) in [6, 6.07) is 2.43. The zero-order valence-corrected chi connectivity index (χ0v) is 12.3. The van der Waals surface area contributed by atoms with Crippen LogP contribution in [0, 0.1) is 11.6 Å². The summed E-state index contributed by atoms with van der Waals surface area (Å²) in [5.41, 5.74) is 0. The maximum atomic E-state index is 13.8. The average Bonchev–Trinajstić information content (AvgIpc) is 2.43. The monoisotopic (exact) mass is 303 g/mol. The van der Waals surface area contributed by atoms with Crippen molar-refractivity contribution < 1.29 is 17.2 Å². The lowest BCUT2D eigenvalue weighted by atomic mass is 9.95. The third-order valence-corrected chi connectivity index (χ3v) is 5.82. The van der Waals surface area contributed by atoms with Crippen molar-refractivity contribution in [1.82, 2.24) is 4.31 Å². The quantitative estimate of drug-likeness (QED) is 0.856. The molecule has 0 amide bonds. The molecule has 0 heterocycles. The molecule has 3 nitrogen and oxygen atoms in total. The number of nitrogens with zero attached hydrogens (tertiary/aromatic N) is 1. The van der Waals surface area contributed by atoms with E-state index in [1.165, 1.54) is 4.31 Å². The predicted octanol–water partition coefficient (Wildman–Crippen LogP) is 3.31. The first-order valence-corrected chi connectivity index (χ1v) is 8.37. The Bertz CT molecular complexity index is 569. The van der Waals surface area contributed by atoms with Crippen LogP contribution in [0.15, 0.2) is 23.1 Å². The molecule has 1 aliphatic rings. The summed E-state index contributed by atoms with van der Waals surface area (Å²) in [6.45, 7) is 1.99. The van der Waals surface area contributed by atoms with Gasteiger partial charge in [0.15, 0.2) is 0 Å². The first-order valence-electron chi connectivity index (χ1n) is 6.93. The van der Waals surface area contributed by atoms with Crippen molar-refractivity contribution >= 4 is 10.0 Å². The van der Waals surface area contributed by atoms with Crippen LogP contribution < -0.4 is 0 Å². The number of halogens is 2. The van der Waals surface area contributed by atoms with Gasteiger partial charge < -0.3 is 0 Å². The summed E-state index contributed by atoms with van der Waals surface area (Å²) >= 11 is 0. The number of hydrogen-bond acceptors (Lipinski definition) is 2. The van der Waals surface area contributed by atoms with Crippen molar-refractivity contribution in [3.63, 3.8) is 0 Å². The molecule has 1 aromatic carbocycles. The van der Waals surface area contributed by atoms with Gasteiger partial charge in [-0.1, -0.05) is 26.2 Å². The summed E-state index contributed by atoms with van der Waals surface area (Å²) in [4.78, 5) is -0.565. The van der Waals surface area contributed by atoms with Crippen LogP contribution in [0.2, 0.25) is 0 Å². The van der Waals surface area contributed by atoms with Crippen molar-refractivity contribution in [2.75, 3.05) is 6.54 Å². The highest BCUT2D eigenvalue weighted by Gasteiger charge is 2.33. The van der Waals surface area contributed by atoms with Crippen LogP contribution in [0.3, 0.4) is 0 Å². The molecular formula is C14H19F2NO2S. The third-order valence-electron chi connectivity index (χ3n) is 3.77. The molecule has 1 aliphatic carbocycles. The van der Waals surface area contributed by atoms with E-state index in [0.717, 1.165) is 50.3 Å². The van der Waals surface area contributed by atoms with Gasteiger partial charge in [0.25, 0.3) is 0 Å². The van der Waals surface area contributed by atoms with E-state index in [1.807, 2.05) is 0 Å². The van der Waals surface area contributed by atoms with Crippen LogP contribution in [-0.4, -0.2) is 25.3 Å². The molecule has 2 rings (SSSR count). The summed E-state index contributed by atoms with van der Waals surface area (Å²) in [5, 5.41) is 0. The van der Waals surface area contributed by atoms with E-state index in [-0.39, 0.29) is 12.6 Å². The van der Waals surface area contributed by atoms with Gasteiger partial charge in [-0.2, -0.15) is 4.31 Å². The van der Waals surface area contributed by atoms with Crippen LogP contribution in [0.25, 0.3) is 0 Å². The molecule has 1 aromatic rings. The van der Waals surface area contributed by atoms with Gasteiger partial charge in [0.2, 0.25) is 10.0 Å². The van der Waals surface area contributed by atoms with Crippen LogP contribution in [0.4, 0.5) is 8.78 Å². The first-order chi connectivity index (χ1) is 9.46. The molecular weight excluding hydrogens is 284 g/mol.